The van der Waals surface area contributed by atoms with Crippen LogP contribution >= 0.6 is 23.2 Å². The Kier molecular flexibility index (Phi) is 5.25. The van der Waals surface area contributed by atoms with Crippen LogP contribution in [-0.4, -0.2) is 23.7 Å². The zero-order chi connectivity index (χ0) is 13.0. The minimum absolute atomic E-state index is 0.00592. The number of halogens is 2. The van der Waals surface area contributed by atoms with Crippen molar-refractivity contribution in [1.82, 2.24) is 5.32 Å². The molecule has 0 saturated heterocycles. The number of hydrogen-bond acceptors (Lipinski definition) is 2. The van der Waals surface area contributed by atoms with E-state index >= 15 is 0 Å². The van der Waals surface area contributed by atoms with E-state index in [9.17, 15) is 4.79 Å². The highest BCUT2D eigenvalue weighted by molar-refractivity contribution is 6.35. The Balaban J connectivity index is 2.76. The molecule has 0 heterocycles. The summed E-state index contributed by atoms with van der Waals surface area (Å²) in [5, 5.41) is 12.6. The summed E-state index contributed by atoms with van der Waals surface area (Å²) in [6.07, 6.45) is 0. The number of rotatable bonds is 4. The first-order valence-electron chi connectivity index (χ1n) is 5.32. The SMILES string of the molecule is CC(CO)C(C)NC(=O)c1cc(Cl)cc(Cl)c1. The predicted molar refractivity (Wildman–Crippen MR) is 69.6 cm³/mol. The van der Waals surface area contributed by atoms with Crippen molar-refractivity contribution in [1.29, 1.82) is 0 Å². The summed E-state index contributed by atoms with van der Waals surface area (Å²) in [5.74, 6) is -0.254. The number of nitrogens with one attached hydrogen (secondary N) is 1. The number of benzene rings is 1. The van der Waals surface area contributed by atoms with Crippen LogP contribution in [0, 0.1) is 5.92 Å². The lowest BCUT2D eigenvalue weighted by molar-refractivity contribution is 0.0916. The Morgan fingerprint density at radius 3 is 2.29 bits per heavy atom. The van der Waals surface area contributed by atoms with E-state index in [0.717, 1.165) is 0 Å². The van der Waals surface area contributed by atoms with Crippen LogP contribution in [0.3, 0.4) is 0 Å². The molecule has 0 aliphatic rings. The normalized spacial score (nSPS) is 14.2. The fourth-order valence-electron chi connectivity index (χ4n) is 1.28. The molecule has 1 aromatic rings. The first-order valence-corrected chi connectivity index (χ1v) is 6.07. The molecule has 2 atom stereocenters. The molecule has 1 aromatic carbocycles. The van der Waals surface area contributed by atoms with E-state index in [0.29, 0.717) is 15.6 Å². The highest BCUT2D eigenvalue weighted by Gasteiger charge is 2.15. The van der Waals surface area contributed by atoms with Crippen LogP contribution in [0.4, 0.5) is 0 Å². The van der Waals surface area contributed by atoms with Gasteiger partial charge in [-0.3, -0.25) is 4.79 Å². The summed E-state index contributed by atoms with van der Waals surface area (Å²) < 4.78 is 0. The van der Waals surface area contributed by atoms with Gasteiger partial charge in [0, 0.05) is 28.3 Å². The van der Waals surface area contributed by atoms with E-state index in [1.54, 1.807) is 18.2 Å². The summed E-state index contributed by atoms with van der Waals surface area (Å²) in [7, 11) is 0. The van der Waals surface area contributed by atoms with E-state index in [2.05, 4.69) is 5.32 Å². The van der Waals surface area contributed by atoms with Gasteiger partial charge in [-0.25, -0.2) is 0 Å². The van der Waals surface area contributed by atoms with Gasteiger partial charge < -0.3 is 10.4 Å². The lowest BCUT2D eigenvalue weighted by Crippen LogP contribution is -2.38. The first-order chi connectivity index (χ1) is 7.93. The molecular formula is C12H15Cl2NO2. The van der Waals surface area contributed by atoms with Crippen molar-refractivity contribution in [2.45, 2.75) is 19.9 Å². The third-order valence-electron chi connectivity index (χ3n) is 2.63. The molecule has 3 nitrogen and oxygen atoms in total. The third-order valence-corrected chi connectivity index (χ3v) is 3.06. The standard InChI is InChI=1S/C12H15Cl2NO2/c1-7(6-16)8(2)15-12(17)9-3-10(13)5-11(14)4-9/h3-5,7-8,16H,6H2,1-2H3,(H,15,17). The summed E-state index contributed by atoms with van der Waals surface area (Å²) in [5.41, 5.74) is 0.416. The van der Waals surface area contributed by atoms with E-state index in [1.807, 2.05) is 13.8 Å². The van der Waals surface area contributed by atoms with Crippen molar-refractivity contribution in [2.75, 3.05) is 6.61 Å². The molecular weight excluding hydrogens is 261 g/mol. The van der Waals surface area contributed by atoms with Crippen molar-refractivity contribution in [3.8, 4) is 0 Å². The van der Waals surface area contributed by atoms with Gasteiger partial charge in [-0.05, 0) is 31.0 Å². The second-order valence-electron chi connectivity index (χ2n) is 4.08. The van der Waals surface area contributed by atoms with Crippen LogP contribution in [0.15, 0.2) is 18.2 Å². The fourth-order valence-corrected chi connectivity index (χ4v) is 1.80. The summed E-state index contributed by atoms with van der Waals surface area (Å²) in [4.78, 5) is 11.9. The van der Waals surface area contributed by atoms with Gasteiger partial charge in [0.1, 0.15) is 0 Å². The molecule has 0 aromatic heterocycles. The Morgan fingerprint density at radius 2 is 1.82 bits per heavy atom. The molecule has 0 spiro atoms. The van der Waals surface area contributed by atoms with E-state index in [-0.39, 0.29) is 24.5 Å². The monoisotopic (exact) mass is 275 g/mol. The average molecular weight is 276 g/mol. The molecule has 2 unspecified atom stereocenters. The van der Waals surface area contributed by atoms with Crippen LogP contribution in [0.25, 0.3) is 0 Å². The van der Waals surface area contributed by atoms with Crippen molar-refractivity contribution in [3.05, 3.63) is 33.8 Å². The number of aliphatic hydroxyl groups excluding tert-OH is 1. The van der Waals surface area contributed by atoms with Gasteiger partial charge >= 0.3 is 0 Å². The van der Waals surface area contributed by atoms with Gasteiger partial charge in [0.25, 0.3) is 5.91 Å². The molecule has 0 bridgehead atoms. The number of carbonyl (C=O) groups is 1. The zero-order valence-electron chi connectivity index (χ0n) is 9.71. The second-order valence-corrected chi connectivity index (χ2v) is 4.95. The van der Waals surface area contributed by atoms with Gasteiger partial charge in [0.2, 0.25) is 0 Å². The molecule has 2 N–H and O–H groups in total. The van der Waals surface area contributed by atoms with Crippen LogP contribution < -0.4 is 5.32 Å². The second kappa shape index (κ2) is 6.24. The molecule has 1 rings (SSSR count). The summed E-state index contributed by atoms with van der Waals surface area (Å²) in [6, 6.07) is 4.56. The molecule has 94 valence electrons. The van der Waals surface area contributed by atoms with Crippen molar-refractivity contribution < 1.29 is 9.90 Å². The lowest BCUT2D eigenvalue weighted by atomic mass is 10.0. The number of carbonyl (C=O) groups excluding carboxylic acids is 1. The van der Waals surface area contributed by atoms with Crippen LogP contribution in [-0.2, 0) is 0 Å². The number of hydrogen-bond donors (Lipinski definition) is 2. The lowest BCUT2D eigenvalue weighted by Gasteiger charge is -2.19. The Bertz CT molecular complexity index is 389. The highest BCUT2D eigenvalue weighted by Crippen LogP contribution is 2.19. The van der Waals surface area contributed by atoms with Crippen molar-refractivity contribution >= 4 is 29.1 Å². The molecule has 17 heavy (non-hydrogen) atoms. The molecule has 0 fully saturated rings. The predicted octanol–water partition coefficient (Wildman–Crippen LogP) is 2.74. The first kappa shape index (κ1) is 14.3. The Morgan fingerprint density at radius 1 is 1.29 bits per heavy atom. The molecule has 0 aliphatic carbocycles. The maximum absolute atomic E-state index is 11.9. The van der Waals surface area contributed by atoms with E-state index in [1.165, 1.54) is 0 Å². The third kappa shape index (κ3) is 4.19. The number of amides is 1. The minimum Gasteiger partial charge on any atom is -0.396 e. The Hall–Kier alpha value is -0.770. The van der Waals surface area contributed by atoms with Gasteiger partial charge in [0.05, 0.1) is 0 Å². The van der Waals surface area contributed by atoms with Crippen molar-refractivity contribution in [2.24, 2.45) is 5.92 Å². The van der Waals surface area contributed by atoms with Crippen LogP contribution in [0.2, 0.25) is 10.0 Å². The van der Waals surface area contributed by atoms with Crippen LogP contribution in [0.5, 0.6) is 0 Å². The topological polar surface area (TPSA) is 49.3 Å². The molecule has 0 aliphatic heterocycles. The minimum atomic E-state index is -0.248. The maximum Gasteiger partial charge on any atom is 0.251 e. The van der Waals surface area contributed by atoms with Gasteiger partial charge in [0.15, 0.2) is 0 Å². The quantitative estimate of drug-likeness (QED) is 0.888. The smallest absolute Gasteiger partial charge is 0.251 e. The van der Waals surface area contributed by atoms with Gasteiger partial charge in [-0.15, -0.1) is 0 Å². The summed E-state index contributed by atoms with van der Waals surface area (Å²) in [6.45, 7) is 3.72. The van der Waals surface area contributed by atoms with E-state index < -0.39 is 0 Å². The molecule has 0 radical (unpaired) electrons. The molecule has 1 amide bonds. The fraction of sp³-hybridized carbons (Fsp3) is 0.417. The van der Waals surface area contributed by atoms with Crippen LogP contribution in [0.1, 0.15) is 24.2 Å². The largest absolute Gasteiger partial charge is 0.396 e. The van der Waals surface area contributed by atoms with E-state index in [4.69, 9.17) is 28.3 Å². The average Bonchev–Trinajstić information content (AvgIpc) is 2.26. The Labute approximate surface area is 111 Å². The summed E-state index contributed by atoms with van der Waals surface area (Å²) >= 11 is 11.6. The van der Waals surface area contributed by atoms with Crippen molar-refractivity contribution in [3.63, 3.8) is 0 Å². The molecule has 0 saturated carbocycles. The zero-order valence-corrected chi connectivity index (χ0v) is 11.2. The van der Waals surface area contributed by atoms with Gasteiger partial charge in [-0.2, -0.15) is 0 Å². The maximum atomic E-state index is 11.9. The number of aliphatic hydroxyl groups is 1. The molecule has 5 heteroatoms. The van der Waals surface area contributed by atoms with Gasteiger partial charge in [-0.1, -0.05) is 30.1 Å². The highest BCUT2D eigenvalue weighted by atomic mass is 35.5.